The molecule has 1 aromatic heterocycles. The van der Waals surface area contributed by atoms with E-state index >= 15 is 0 Å². The second-order valence-electron chi connectivity index (χ2n) is 9.53. The molecular weight excluding hydrogens is 448 g/mol. The fraction of sp³-hybridized carbons (Fsp3) is 0.500. The molecule has 0 spiro atoms. The molecule has 0 radical (unpaired) electrons. The smallest absolute Gasteiger partial charge is 0.228 e. The van der Waals surface area contributed by atoms with Crippen LogP contribution in [0.2, 0.25) is 0 Å². The Morgan fingerprint density at radius 3 is 2.20 bits per heavy atom. The number of anilines is 1. The summed E-state index contributed by atoms with van der Waals surface area (Å²) in [6.07, 6.45) is 7.47. The fourth-order valence-corrected chi connectivity index (χ4v) is 5.99. The van der Waals surface area contributed by atoms with Crippen molar-refractivity contribution >= 4 is 38.1 Å². The van der Waals surface area contributed by atoms with E-state index in [1.165, 1.54) is 64.5 Å². The summed E-state index contributed by atoms with van der Waals surface area (Å²) in [5, 5.41) is 2.45. The molecule has 1 aromatic carbocycles. The standard InChI is InChI=1S/C30H41N4S/c1-6-10-12-18-34(19-13-11-7-2)26-21-28-30(24-16-14-22(5)31-29(24)26)32-25-17-15-23(20-27(25)35-28)33(8-3)9-4/h14-17,20-21H,6-13,18-19H2,1-5H3/q+1. The Morgan fingerprint density at radius 2 is 1.54 bits per heavy atom. The molecule has 0 amide bonds. The van der Waals surface area contributed by atoms with Gasteiger partial charge in [0.15, 0.2) is 0 Å². The normalized spacial score (nSPS) is 11.6. The van der Waals surface area contributed by atoms with Crippen LogP contribution in [0.4, 0.5) is 5.69 Å². The molecule has 0 fully saturated rings. The summed E-state index contributed by atoms with van der Waals surface area (Å²) >= 11 is 1.87. The number of aryl methyl sites for hydroxylation is 1. The predicted octanol–water partition coefficient (Wildman–Crippen LogP) is 7.26. The molecular formula is C30H41N4S+. The number of pyridine rings is 1. The molecule has 0 bridgehead atoms. The van der Waals surface area contributed by atoms with E-state index in [0.29, 0.717) is 0 Å². The van der Waals surface area contributed by atoms with Crippen molar-refractivity contribution < 1.29 is 0 Å². The Labute approximate surface area is 214 Å². The Kier molecular flexibility index (Phi) is 8.72. The molecule has 35 heavy (non-hydrogen) atoms. The van der Waals surface area contributed by atoms with Crippen LogP contribution in [0.1, 0.15) is 71.9 Å². The second kappa shape index (κ2) is 11.9. The van der Waals surface area contributed by atoms with Gasteiger partial charge in [0.05, 0.1) is 20.8 Å². The van der Waals surface area contributed by atoms with Crippen LogP contribution in [0.3, 0.4) is 0 Å². The van der Waals surface area contributed by atoms with Crippen LogP contribution in [-0.2, 0) is 0 Å². The van der Waals surface area contributed by atoms with E-state index < -0.39 is 0 Å². The summed E-state index contributed by atoms with van der Waals surface area (Å²) in [4.78, 5) is 13.9. The minimum atomic E-state index is 1.01. The second-order valence-corrected chi connectivity index (χ2v) is 10.6. The number of hydrogen-bond acceptors (Lipinski definition) is 4. The summed E-state index contributed by atoms with van der Waals surface area (Å²) in [5.74, 6) is 0. The van der Waals surface area contributed by atoms with Crippen molar-refractivity contribution in [3.63, 3.8) is 0 Å². The van der Waals surface area contributed by atoms with Crippen LogP contribution in [0.15, 0.2) is 36.4 Å². The Balaban J connectivity index is 1.98. The first-order valence-corrected chi connectivity index (χ1v) is 14.4. The van der Waals surface area contributed by atoms with E-state index in [1.54, 1.807) is 0 Å². The van der Waals surface area contributed by atoms with E-state index in [1.807, 2.05) is 11.3 Å². The number of aromatic nitrogens is 2. The Bertz CT molecular complexity index is 1310. The molecule has 0 unspecified atom stereocenters. The van der Waals surface area contributed by atoms with Crippen molar-refractivity contribution in [3.05, 3.63) is 47.4 Å². The van der Waals surface area contributed by atoms with Crippen molar-refractivity contribution in [1.82, 2.24) is 14.5 Å². The van der Waals surface area contributed by atoms with E-state index in [9.17, 15) is 0 Å². The van der Waals surface area contributed by atoms with Crippen molar-refractivity contribution in [1.29, 1.82) is 0 Å². The molecule has 0 N–H and O–H groups in total. The van der Waals surface area contributed by atoms with Crippen LogP contribution in [-0.4, -0.2) is 36.1 Å². The van der Waals surface area contributed by atoms with Gasteiger partial charge in [0, 0.05) is 48.8 Å². The van der Waals surface area contributed by atoms with Gasteiger partial charge >= 0.3 is 0 Å². The Morgan fingerprint density at radius 1 is 0.829 bits per heavy atom. The topological polar surface area (TPSA) is 32.0 Å². The highest BCUT2D eigenvalue weighted by Gasteiger charge is 2.19. The van der Waals surface area contributed by atoms with Crippen LogP contribution in [0, 0.1) is 6.92 Å². The van der Waals surface area contributed by atoms with Gasteiger partial charge < -0.3 is 4.90 Å². The summed E-state index contributed by atoms with van der Waals surface area (Å²) in [6, 6.07) is 13.4. The van der Waals surface area contributed by atoms with Gasteiger partial charge in [-0.1, -0.05) is 26.7 Å². The zero-order valence-corrected chi connectivity index (χ0v) is 23.0. The van der Waals surface area contributed by atoms with Gasteiger partial charge in [-0.05, 0) is 63.9 Å². The third kappa shape index (κ3) is 5.66. The summed E-state index contributed by atoms with van der Waals surface area (Å²) in [6.45, 7) is 15.3. The summed E-state index contributed by atoms with van der Waals surface area (Å²) in [7, 11) is 0. The lowest BCUT2D eigenvalue weighted by atomic mass is 10.1. The van der Waals surface area contributed by atoms with Gasteiger partial charge in [-0.2, -0.15) is 0 Å². The first-order chi connectivity index (χ1) is 17.1. The van der Waals surface area contributed by atoms with Crippen LogP contribution >= 0.6 is 11.3 Å². The molecule has 0 saturated carbocycles. The fourth-order valence-electron chi connectivity index (χ4n) is 4.93. The molecule has 2 aromatic rings. The van der Waals surface area contributed by atoms with Crippen molar-refractivity contribution in [2.45, 2.75) is 73.1 Å². The Hall–Kier alpha value is -2.53. The zero-order valence-electron chi connectivity index (χ0n) is 22.2. The third-order valence-corrected chi connectivity index (χ3v) is 8.04. The summed E-state index contributed by atoms with van der Waals surface area (Å²) in [5.41, 5.74) is 5.58. The first-order valence-electron chi connectivity index (χ1n) is 13.6. The average Bonchev–Trinajstić information content (AvgIpc) is 2.87. The number of rotatable bonds is 11. The molecule has 5 heteroatoms. The van der Waals surface area contributed by atoms with Gasteiger partial charge in [-0.25, -0.2) is 14.5 Å². The monoisotopic (exact) mass is 489 g/mol. The highest BCUT2D eigenvalue weighted by Crippen LogP contribution is 2.35. The lowest BCUT2D eigenvalue weighted by Gasteiger charge is -2.21. The maximum absolute atomic E-state index is 5.17. The molecule has 186 valence electrons. The number of unbranched alkanes of at least 4 members (excludes halogenated alkanes) is 4. The molecule has 4 nitrogen and oxygen atoms in total. The zero-order chi connectivity index (χ0) is 24.8. The van der Waals surface area contributed by atoms with E-state index in [0.717, 1.165) is 48.6 Å². The van der Waals surface area contributed by atoms with E-state index in [-0.39, 0.29) is 0 Å². The van der Waals surface area contributed by atoms with E-state index in [2.05, 4.69) is 80.5 Å². The van der Waals surface area contributed by atoms with Gasteiger partial charge in [-0.3, -0.25) is 0 Å². The van der Waals surface area contributed by atoms with Crippen molar-refractivity contribution in [2.75, 3.05) is 31.1 Å². The number of hydrogen-bond donors (Lipinski definition) is 0. The van der Waals surface area contributed by atoms with E-state index in [4.69, 9.17) is 9.97 Å². The molecule has 4 rings (SSSR count). The first kappa shape index (κ1) is 25.6. The molecule has 1 aliphatic heterocycles. The number of benzene rings is 2. The third-order valence-electron chi connectivity index (χ3n) is 6.96. The van der Waals surface area contributed by atoms with Crippen molar-refractivity contribution in [3.8, 4) is 10.6 Å². The quantitative estimate of drug-likeness (QED) is 0.0962. The highest BCUT2D eigenvalue weighted by molar-refractivity contribution is 7.21. The largest absolute Gasteiger partial charge is 0.372 e. The summed E-state index contributed by atoms with van der Waals surface area (Å²) < 4.78 is 3.85. The molecule has 1 aliphatic carbocycles. The van der Waals surface area contributed by atoms with Gasteiger partial charge in [-0.15, -0.1) is 11.3 Å². The van der Waals surface area contributed by atoms with Crippen molar-refractivity contribution in [2.24, 2.45) is 0 Å². The molecule has 2 heterocycles. The van der Waals surface area contributed by atoms with Crippen LogP contribution in [0.5, 0.6) is 0 Å². The van der Waals surface area contributed by atoms with Gasteiger partial charge in [0.2, 0.25) is 5.36 Å². The average molecular weight is 490 g/mol. The van der Waals surface area contributed by atoms with Gasteiger partial charge in [0.25, 0.3) is 0 Å². The lowest BCUT2D eigenvalue weighted by Crippen LogP contribution is -2.33. The number of fused-ring (bicyclic) bond motifs is 4. The maximum atomic E-state index is 5.17. The minimum Gasteiger partial charge on any atom is -0.372 e. The minimum absolute atomic E-state index is 1.01. The maximum Gasteiger partial charge on any atom is 0.228 e. The lowest BCUT2D eigenvalue weighted by molar-refractivity contribution is 0.510. The molecule has 0 saturated heterocycles. The van der Waals surface area contributed by atoms with Gasteiger partial charge in [0.1, 0.15) is 18.6 Å². The predicted molar refractivity (Wildman–Crippen MR) is 154 cm³/mol. The SMILES string of the molecule is CCCCC[N+](CCCCC)=c1cc2sc3cc(N(CC)CC)ccc3nc-2c2ccc(C)nc12. The number of nitrogens with zero attached hydrogens (tertiary/aromatic N) is 4. The molecule has 0 atom stereocenters. The van der Waals surface area contributed by atoms with Crippen LogP contribution in [0.25, 0.3) is 31.7 Å². The molecule has 2 aliphatic rings. The van der Waals surface area contributed by atoms with Crippen LogP contribution < -0.4 is 14.8 Å². The highest BCUT2D eigenvalue weighted by atomic mass is 32.1.